The Hall–Kier alpha value is -1.10. The molecule has 0 spiro atoms. The standard InChI is InChI=1S/C16H26ClN3O/c1-11(2)9-19-15(21)10-20(4)16(12(3)18)13-6-5-7-14(17)8-13/h5-8,11-12,16H,9-10,18H2,1-4H3,(H,19,21). The van der Waals surface area contributed by atoms with Gasteiger partial charge in [0.1, 0.15) is 0 Å². The highest BCUT2D eigenvalue weighted by molar-refractivity contribution is 6.30. The number of amides is 1. The van der Waals surface area contributed by atoms with Crippen LogP contribution in [0.15, 0.2) is 24.3 Å². The number of carbonyl (C=O) groups excluding carboxylic acids is 1. The zero-order valence-electron chi connectivity index (χ0n) is 13.3. The van der Waals surface area contributed by atoms with E-state index in [-0.39, 0.29) is 18.0 Å². The van der Waals surface area contributed by atoms with Gasteiger partial charge in [-0.05, 0) is 37.6 Å². The Morgan fingerprint density at radius 3 is 2.57 bits per heavy atom. The van der Waals surface area contributed by atoms with Gasteiger partial charge in [0, 0.05) is 23.7 Å². The minimum Gasteiger partial charge on any atom is -0.355 e. The highest BCUT2D eigenvalue weighted by atomic mass is 35.5. The number of nitrogens with two attached hydrogens (primary N) is 1. The fourth-order valence-electron chi connectivity index (χ4n) is 2.35. The monoisotopic (exact) mass is 311 g/mol. The van der Waals surface area contributed by atoms with E-state index in [1.807, 2.05) is 43.1 Å². The van der Waals surface area contributed by atoms with E-state index in [0.717, 1.165) is 5.56 Å². The molecule has 1 aromatic carbocycles. The maximum atomic E-state index is 12.0. The van der Waals surface area contributed by atoms with E-state index in [4.69, 9.17) is 17.3 Å². The minimum absolute atomic E-state index is 0.0129. The van der Waals surface area contributed by atoms with Crippen molar-refractivity contribution in [3.63, 3.8) is 0 Å². The second-order valence-corrected chi connectivity index (χ2v) is 6.41. The zero-order valence-corrected chi connectivity index (χ0v) is 14.0. The van der Waals surface area contributed by atoms with E-state index in [2.05, 4.69) is 19.2 Å². The van der Waals surface area contributed by atoms with E-state index in [0.29, 0.717) is 24.0 Å². The molecule has 1 rings (SSSR count). The molecule has 3 N–H and O–H groups in total. The molecule has 118 valence electrons. The summed E-state index contributed by atoms with van der Waals surface area (Å²) in [5.41, 5.74) is 7.13. The van der Waals surface area contributed by atoms with Crippen molar-refractivity contribution in [2.75, 3.05) is 20.1 Å². The number of halogens is 1. The predicted octanol–water partition coefficient (Wildman–Crippen LogP) is 2.43. The van der Waals surface area contributed by atoms with Gasteiger partial charge in [0.2, 0.25) is 5.91 Å². The minimum atomic E-state index is -0.105. The highest BCUT2D eigenvalue weighted by Gasteiger charge is 2.23. The van der Waals surface area contributed by atoms with Crippen LogP contribution < -0.4 is 11.1 Å². The smallest absolute Gasteiger partial charge is 0.234 e. The molecule has 0 aliphatic carbocycles. The number of likely N-dealkylation sites (N-methyl/N-ethyl adjacent to an activating group) is 1. The lowest BCUT2D eigenvalue weighted by atomic mass is 9.99. The summed E-state index contributed by atoms with van der Waals surface area (Å²) in [4.78, 5) is 13.9. The van der Waals surface area contributed by atoms with Gasteiger partial charge in [0.05, 0.1) is 6.54 Å². The first-order chi connectivity index (χ1) is 9.81. The molecule has 0 aliphatic rings. The molecule has 1 aromatic rings. The van der Waals surface area contributed by atoms with Crippen molar-refractivity contribution >= 4 is 17.5 Å². The molecule has 4 nitrogen and oxygen atoms in total. The van der Waals surface area contributed by atoms with Crippen LogP contribution in [0.3, 0.4) is 0 Å². The van der Waals surface area contributed by atoms with E-state index in [9.17, 15) is 4.79 Å². The molecule has 2 unspecified atom stereocenters. The molecular weight excluding hydrogens is 286 g/mol. The van der Waals surface area contributed by atoms with Crippen LogP contribution in [0.2, 0.25) is 5.02 Å². The quantitative estimate of drug-likeness (QED) is 0.813. The third kappa shape index (κ3) is 6.04. The second kappa shape index (κ2) is 8.37. The first-order valence-electron chi connectivity index (χ1n) is 7.29. The Morgan fingerprint density at radius 1 is 1.38 bits per heavy atom. The Balaban J connectivity index is 2.74. The van der Waals surface area contributed by atoms with Crippen molar-refractivity contribution in [3.8, 4) is 0 Å². The number of hydrogen-bond acceptors (Lipinski definition) is 3. The molecule has 0 saturated carbocycles. The van der Waals surface area contributed by atoms with Crippen LogP contribution in [0.5, 0.6) is 0 Å². The Kier molecular flexibility index (Phi) is 7.15. The summed E-state index contributed by atoms with van der Waals surface area (Å²) in [6.45, 7) is 7.08. The van der Waals surface area contributed by atoms with Crippen LogP contribution in [0, 0.1) is 5.92 Å². The van der Waals surface area contributed by atoms with Gasteiger partial charge < -0.3 is 11.1 Å². The Labute approximate surface area is 132 Å². The largest absolute Gasteiger partial charge is 0.355 e. The summed E-state index contributed by atoms with van der Waals surface area (Å²) in [6, 6.07) is 7.47. The molecule has 2 atom stereocenters. The molecule has 0 heterocycles. The average Bonchev–Trinajstić information content (AvgIpc) is 2.36. The van der Waals surface area contributed by atoms with Gasteiger partial charge in [-0.1, -0.05) is 37.6 Å². The molecule has 0 fully saturated rings. The van der Waals surface area contributed by atoms with Gasteiger partial charge in [-0.3, -0.25) is 9.69 Å². The average molecular weight is 312 g/mol. The van der Waals surface area contributed by atoms with Crippen LogP contribution in [0.25, 0.3) is 0 Å². The molecule has 21 heavy (non-hydrogen) atoms. The van der Waals surface area contributed by atoms with Gasteiger partial charge >= 0.3 is 0 Å². The molecule has 5 heteroatoms. The summed E-state index contributed by atoms with van der Waals surface area (Å²) < 4.78 is 0. The molecule has 0 saturated heterocycles. The maximum absolute atomic E-state index is 12.0. The maximum Gasteiger partial charge on any atom is 0.234 e. The highest BCUT2D eigenvalue weighted by Crippen LogP contribution is 2.24. The summed E-state index contributed by atoms with van der Waals surface area (Å²) in [5.74, 6) is 0.454. The Bertz CT molecular complexity index is 463. The summed E-state index contributed by atoms with van der Waals surface area (Å²) in [5, 5.41) is 3.60. The van der Waals surface area contributed by atoms with E-state index < -0.39 is 0 Å². The van der Waals surface area contributed by atoms with Crippen LogP contribution in [-0.2, 0) is 4.79 Å². The van der Waals surface area contributed by atoms with Crippen molar-refractivity contribution in [1.29, 1.82) is 0 Å². The molecule has 0 aromatic heterocycles. The van der Waals surface area contributed by atoms with Gasteiger partial charge in [0.25, 0.3) is 0 Å². The van der Waals surface area contributed by atoms with Crippen molar-refractivity contribution in [3.05, 3.63) is 34.9 Å². The second-order valence-electron chi connectivity index (χ2n) is 5.97. The number of rotatable bonds is 7. The van der Waals surface area contributed by atoms with Crippen LogP contribution in [0.4, 0.5) is 0 Å². The Morgan fingerprint density at radius 2 is 2.05 bits per heavy atom. The number of nitrogens with zero attached hydrogens (tertiary/aromatic N) is 1. The third-order valence-corrected chi connectivity index (χ3v) is 3.50. The van der Waals surface area contributed by atoms with E-state index in [1.165, 1.54) is 0 Å². The third-order valence-electron chi connectivity index (χ3n) is 3.26. The summed E-state index contributed by atoms with van der Waals surface area (Å²) in [6.07, 6.45) is 0. The number of nitrogens with one attached hydrogen (secondary N) is 1. The number of benzene rings is 1. The lowest BCUT2D eigenvalue weighted by Crippen LogP contribution is -2.43. The lowest BCUT2D eigenvalue weighted by molar-refractivity contribution is -0.122. The van der Waals surface area contributed by atoms with Crippen molar-refractivity contribution in [1.82, 2.24) is 10.2 Å². The SMILES string of the molecule is CC(C)CNC(=O)CN(C)C(c1cccc(Cl)c1)C(C)N. The topological polar surface area (TPSA) is 58.4 Å². The van der Waals surface area contributed by atoms with Gasteiger partial charge in [-0.2, -0.15) is 0 Å². The first kappa shape index (κ1) is 18.0. The predicted molar refractivity (Wildman–Crippen MR) is 88.3 cm³/mol. The van der Waals surface area contributed by atoms with E-state index in [1.54, 1.807) is 0 Å². The molecule has 0 aliphatic heterocycles. The molecule has 0 bridgehead atoms. The van der Waals surface area contributed by atoms with Crippen molar-refractivity contribution < 1.29 is 4.79 Å². The van der Waals surface area contributed by atoms with Crippen LogP contribution in [0.1, 0.15) is 32.4 Å². The normalized spacial score (nSPS) is 14.3. The number of carbonyl (C=O) groups is 1. The summed E-state index contributed by atoms with van der Waals surface area (Å²) in [7, 11) is 1.91. The fourth-order valence-corrected chi connectivity index (χ4v) is 2.55. The fraction of sp³-hybridized carbons (Fsp3) is 0.562. The molecule has 1 amide bonds. The van der Waals surface area contributed by atoms with Gasteiger partial charge in [0.15, 0.2) is 0 Å². The number of hydrogen-bond donors (Lipinski definition) is 2. The molecular formula is C16H26ClN3O. The van der Waals surface area contributed by atoms with Crippen molar-refractivity contribution in [2.45, 2.75) is 32.9 Å². The van der Waals surface area contributed by atoms with E-state index >= 15 is 0 Å². The van der Waals surface area contributed by atoms with Gasteiger partial charge in [-0.15, -0.1) is 0 Å². The molecule has 0 radical (unpaired) electrons. The van der Waals surface area contributed by atoms with Crippen LogP contribution in [-0.4, -0.2) is 37.0 Å². The van der Waals surface area contributed by atoms with Crippen LogP contribution >= 0.6 is 11.6 Å². The zero-order chi connectivity index (χ0) is 16.0. The van der Waals surface area contributed by atoms with Gasteiger partial charge in [-0.25, -0.2) is 0 Å². The lowest BCUT2D eigenvalue weighted by Gasteiger charge is -2.31. The summed E-state index contributed by atoms with van der Waals surface area (Å²) >= 11 is 6.05. The van der Waals surface area contributed by atoms with Crippen molar-refractivity contribution in [2.24, 2.45) is 11.7 Å². The first-order valence-corrected chi connectivity index (χ1v) is 7.67.